The number of aromatic nitrogens is 1. The second-order valence-corrected chi connectivity index (χ2v) is 11.1. The standard InChI is InChI=1S/C23H26FN3O4S2/c1-16-13-20-21(14-17(16)2)32-23(25-20)27(8-7-26-9-11-31-12-10-26)22(28)15-33(29,30)19-5-3-18(24)4-6-19/h3-6,13-14H,7-12,15H2,1-2H3. The highest BCUT2D eigenvalue weighted by Crippen LogP contribution is 2.31. The molecule has 0 saturated carbocycles. The number of sulfone groups is 1. The Bertz CT molecular complexity index is 1210. The average molecular weight is 492 g/mol. The Morgan fingerprint density at radius 1 is 1.15 bits per heavy atom. The van der Waals surface area contributed by atoms with Gasteiger partial charge in [0.2, 0.25) is 5.91 Å². The summed E-state index contributed by atoms with van der Waals surface area (Å²) in [4.78, 5) is 21.5. The molecule has 1 aromatic heterocycles. The predicted molar refractivity (Wildman–Crippen MR) is 127 cm³/mol. The molecule has 1 fully saturated rings. The first-order chi connectivity index (χ1) is 15.7. The summed E-state index contributed by atoms with van der Waals surface area (Å²) < 4.78 is 45.2. The van der Waals surface area contributed by atoms with Crippen LogP contribution in [0.4, 0.5) is 9.52 Å². The number of benzene rings is 2. The van der Waals surface area contributed by atoms with Gasteiger partial charge in [0.25, 0.3) is 0 Å². The Hall–Kier alpha value is -2.40. The molecule has 0 aliphatic carbocycles. The summed E-state index contributed by atoms with van der Waals surface area (Å²) >= 11 is 1.37. The minimum atomic E-state index is -3.93. The molecule has 0 atom stereocenters. The summed E-state index contributed by atoms with van der Waals surface area (Å²) in [5.74, 6) is -1.80. The lowest BCUT2D eigenvalue weighted by Crippen LogP contribution is -2.44. The SMILES string of the molecule is Cc1cc2nc(N(CCN3CCOCC3)C(=O)CS(=O)(=O)c3ccc(F)cc3)sc2cc1C. The van der Waals surface area contributed by atoms with Crippen molar-refractivity contribution in [3.8, 4) is 0 Å². The number of fused-ring (bicyclic) bond motifs is 1. The number of amides is 1. The smallest absolute Gasteiger partial charge is 0.244 e. The van der Waals surface area contributed by atoms with Crippen molar-refractivity contribution in [3.05, 3.63) is 53.3 Å². The van der Waals surface area contributed by atoms with Crippen molar-refractivity contribution >= 4 is 42.4 Å². The molecule has 7 nitrogen and oxygen atoms in total. The lowest BCUT2D eigenvalue weighted by Gasteiger charge is -2.29. The fourth-order valence-electron chi connectivity index (χ4n) is 3.64. The zero-order chi connectivity index (χ0) is 23.6. The van der Waals surface area contributed by atoms with E-state index in [1.807, 2.05) is 26.0 Å². The molecule has 0 radical (unpaired) electrons. The molecule has 0 bridgehead atoms. The third-order valence-corrected chi connectivity index (χ3v) is 8.41. The number of carbonyl (C=O) groups is 1. The zero-order valence-corrected chi connectivity index (χ0v) is 20.2. The lowest BCUT2D eigenvalue weighted by molar-refractivity contribution is -0.116. The number of carbonyl (C=O) groups excluding carboxylic acids is 1. The van der Waals surface area contributed by atoms with Gasteiger partial charge >= 0.3 is 0 Å². The molecule has 10 heteroatoms. The molecule has 33 heavy (non-hydrogen) atoms. The van der Waals surface area contributed by atoms with Crippen LogP contribution in [0.1, 0.15) is 11.1 Å². The van der Waals surface area contributed by atoms with Crippen molar-refractivity contribution in [1.82, 2.24) is 9.88 Å². The first-order valence-electron chi connectivity index (χ1n) is 10.7. The highest BCUT2D eigenvalue weighted by molar-refractivity contribution is 7.92. The molecule has 1 aliphatic heterocycles. The summed E-state index contributed by atoms with van der Waals surface area (Å²) in [6.07, 6.45) is 0. The van der Waals surface area contributed by atoms with Crippen molar-refractivity contribution in [2.75, 3.05) is 50.0 Å². The van der Waals surface area contributed by atoms with Crippen LogP contribution >= 0.6 is 11.3 Å². The first kappa shape index (κ1) is 23.7. The monoisotopic (exact) mass is 491 g/mol. The molecule has 1 aliphatic rings. The van der Waals surface area contributed by atoms with Gasteiger partial charge in [-0.25, -0.2) is 17.8 Å². The van der Waals surface area contributed by atoms with Crippen molar-refractivity contribution < 1.29 is 22.3 Å². The zero-order valence-electron chi connectivity index (χ0n) is 18.6. The fourth-order valence-corrected chi connectivity index (χ4v) is 5.93. The number of thiazole rings is 1. The van der Waals surface area contributed by atoms with Gasteiger partial charge in [0, 0.05) is 26.2 Å². The number of aryl methyl sites for hydroxylation is 2. The lowest BCUT2D eigenvalue weighted by atomic mass is 10.1. The summed E-state index contributed by atoms with van der Waals surface area (Å²) in [6.45, 7) is 7.70. The van der Waals surface area contributed by atoms with Crippen LogP contribution in [0.25, 0.3) is 10.2 Å². The van der Waals surface area contributed by atoms with Crippen LogP contribution in [0.3, 0.4) is 0 Å². The van der Waals surface area contributed by atoms with E-state index in [1.165, 1.54) is 28.4 Å². The van der Waals surface area contributed by atoms with E-state index >= 15 is 0 Å². The Balaban J connectivity index is 1.61. The third-order valence-electron chi connectivity index (χ3n) is 5.75. The topological polar surface area (TPSA) is 79.8 Å². The van der Waals surface area contributed by atoms with Crippen LogP contribution < -0.4 is 4.90 Å². The molecule has 3 aromatic rings. The Morgan fingerprint density at radius 3 is 2.52 bits per heavy atom. The van der Waals surface area contributed by atoms with Crippen molar-refractivity contribution in [1.29, 1.82) is 0 Å². The predicted octanol–water partition coefficient (Wildman–Crippen LogP) is 3.19. The van der Waals surface area contributed by atoms with Crippen LogP contribution in [-0.4, -0.2) is 69.4 Å². The number of hydrogen-bond donors (Lipinski definition) is 0. The van der Waals surface area contributed by atoms with E-state index in [9.17, 15) is 17.6 Å². The Labute approximate surface area is 196 Å². The summed E-state index contributed by atoms with van der Waals surface area (Å²) in [5, 5.41) is 0.475. The van der Waals surface area contributed by atoms with Gasteiger partial charge in [0.05, 0.1) is 28.3 Å². The highest BCUT2D eigenvalue weighted by Gasteiger charge is 2.27. The summed E-state index contributed by atoms with van der Waals surface area (Å²) in [7, 11) is -3.93. The van der Waals surface area contributed by atoms with Gasteiger partial charge in [-0.2, -0.15) is 0 Å². The summed E-state index contributed by atoms with van der Waals surface area (Å²) in [5.41, 5.74) is 3.01. The first-order valence-corrected chi connectivity index (χ1v) is 13.2. The molecule has 4 rings (SSSR count). The van der Waals surface area contributed by atoms with E-state index in [-0.39, 0.29) is 4.90 Å². The minimum absolute atomic E-state index is 0.0825. The molecular formula is C23H26FN3O4S2. The van der Waals surface area contributed by atoms with Crippen LogP contribution in [0.2, 0.25) is 0 Å². The van der Waals surface area contributed by atoms with Crippen LogP contribution in [0.15, 0.2) is 41.3 Å². The van der Waals surface area contributed by atoms with Gasteiger partial charge in [-0.3, -0.25) is 14.6 Å². The molecule has 1 saturated heterocycles. The maximum atomic E-state index is 13.3. The van der Waals surface area contributed by atoms with Crippen LogP contribution in [-0.2, 0) is 19.4 Å². The number of hydrogen-bond acceptors (Lipinski definition) is 7. The number of morpholine rings is 1. The Kier molecular flexibility index (Phi) is 7.08. The molecule has 0 unspecified atom stereocenters. The van der Waals surface area contributed by atoms with Crippen LogP contribution in [0, 0.1) is 19.7 Å². The largest absolute Gasteiger partial charge is 0.379 e. The van der Waals surface area contributed by atoms with Gasteiger partial charge in [-0.1, -0.05) is 11.3 Å². The molecular weight excluding hydrogens is 465 g/mol. The quantitative estimate of drug-likeness (QED) is 0.473. The number of nitrogens with zero attached hydrogens (tertiary/aromatic N) is 3. The summed E-state index contributed by atoms with van der Waals surface area (Å²) in [6, 6.07) is 8.52. The van der Waals surface area contributed by atoms with E-state index in [1.54, 1.807) is 0 Å². The number of halogens is 1. The van der Waals surface area contributed by atoms with Gasteiger partial charge in [-0.15, -0.1) is 0 Å². The molecule has 176 valence electrons. The Morgan fingerprint density at radius 2 is 1.82 bits per heavy atom. The van der Waals surface area contributed by atoms with Gasteiger partial charge < -0.3 is 4.74 Å². The van der Waals surface area contributed by atoms with E-state index < -0.39 is 27.3 Å². The normalized spacial score (nSPS) is 15.1. The molecule has 1 amide bonds. The average Bonchev–Trinajstić information content (AvgIpc) is 3.17. The number of rotatable bonds is 7. The minimum Gasteiger partial charge on any atom is -0.379 e. The van der Waals surface area contributed by atoms with Crippen molar-refractivity contribution in [2.24, 2.45) is 0 Å². The fraction of sp³-hybridized carbons (Fsp3) is 0.391. The van der Waals surface area contributed by atoms with Gasteiger partial charge in [-0.05, 0) is 61.4 Å². The molecule has 0 N–H and O–H groups in total. The molecule has 2 heterocycles. The molecule has 2 aromatic carbocycles. The number of anilines is 1. The van der Waals surface area contributed by atoms with E-state index in [0.717, 1.165) is 46.6 Å². The van der Waals surface area contributed by atoms with E-state index in [4.69, 9.17) is 4.74 Å². The second-order valence-electron chi connectivity index (χ2n) is 8.11. The molecule has 0 spiro atoms. The third kappa shape index (κ3) is 5.57. The van der Waals surface area contributed by atoms with E-state index in [0.29, 0.717) is 31.4 Å². The van der Waals surface area contributed by atoms with Crippen LogP contribution in [0.5, 0.6) is 0 Å². The van der Waals surface area contributed by atoms with Gasteiger partial charge in [0.1, 0.15) is 11.6 Å². The highest BCUT2D eigenvalue weighted by atomic mass is 32.2. The maximum Gasteiger partial charge on any atom is 0.244 e. The van der Waals surface area contributed by atoms with Crippen molar-refractivity contribution in [2.45, 2.75) is 18.7 Å². The van der Waals surface area contributed by atoms with E-state index in [2.05, 4.69) is 9.88 Å². The van der Waals surface area contributed by atoms with Gasteiger partial charge in [0.15, 0.2) is 15.0 Å². The number of ether oxygens (including phenoxy) is 1. The van der Waals surface area contributed by atoms with Crippen molar-refractivity contribution in [3.63, 3.8) is 0 Å². The second kappa shape index (κ2) is 9.84. The maximum absolute atomic E-state index is 13.3.